The maximum atomic E-state index is 9.09. The molecule has 0 bridgehead atoms. The lowest BCUT2D eigenvalue weighted by Crippen LogP contribution is -2.03. The lowest BCUT2D eigenvalue weighted by Gasteiger charge is -2.08. The third-order valence-corrected chi connectivity index (χ3v) is 2.11. The minimum absolute atomic E-state index is 0.00777. The van der Waals surface area contributed by atoms with Crippen molar-refractivity contribution in [2.45, 2.75) is 13.2 Å². The van der Waals surface area contributed by atoms with Gasteiger partial charge in [0, 0.05) is 18.0 Å². The van der Waals surface area contributed by atoms with Crippen LogP contribution < -0.4 is 5.32 Å². The molecule has 0 aromatic carbocycles. The molecule has 0 saturated heterocycles. The monoisotopic (exact) mass is 204 g/mol. The van der Waals surface area contributed by atoms with Gasteiger partial charge in [-0.05, 0) is 12.1 Å². The summed E-state index contributed by atoms with van der Waals surface area (Å²) in [6, 6.07) is 3.68. The fourth-order valence-corrected chi connectivity index (χ4v) is 1.29. The van der Waals surface area contributed by atoms with Crippen LogP contribution in [0.1, 0.15) is 11.3 Å². The van der Waals surface area contributed by atoms with Crippen LogP contribution in [0, 0.1) is 0 Å². The zero-order valence-corrected chi connectivity index (χ0v) is 8.14. The molecule has 5 nitrogen and oxygen atoms in total. The third-order valence-electron chi connectivity index (χ3n) is 2.11. The Labute approximate surface area is 87.2 Å². The molecule has 5 heteroatoms. The van der Waals surface area contributed by atoms with E-state index in [4.69, 9.17) is 5.11 Å². The van der Waals surface area contributed by atoms with Crippen molar-refractivity contribution in [3.8, 4) is 0 Å². The van der Waals surface area contributed by atoms with Crippen LogP contribution in [0.2, 0.25) is 0 Å². The van der Waals surface area contributed by atoms with Crippen LogP contribution in [0.5, 0.6) is 0 Å². The highest BCUT2D eigenvalue weighted by molar-refractivity contribution is 5.48. The van der Waals surface area contributed by atoms with Crippen molar-refractivity contribution >= 4 is 5.69 Å². The summed E-state index contributed by atoms with van der Waals surface area (Å²) >= 11 is 0. The normalized spacial score (nSPS) is 10.2. The molecule has 78 valence electrons. The second-order valence-electron chi connectivity index (χ2n) is 3.13. The second-order valence-corrected chi connectivity index (χ2v) is 3.13. The number of aromatic amines is 1. The molecule has 0 aliphatic heterocycles. The van der Waals surface area contributed by atoms with Crippen molar-refractivity contribution in [1.29, 1.82) is 0 Å². The quantitative estimate of drug-likeness (QED) is 0.692. The molecular weight excluding hydrogens is 192 g/mol. The average molecular weight is 204 g/mol. The van der Waals surface area contributed by atoms with E-state index in [1.54, 1.807) is 24.7 Å². The maximum absolute atomic E-state index is 9.09. The molecule has 2 heterocycles. The fraction of sp³-hybridized carbons (Fsp3) is 0.200. The van der Waals surface area contributed by atoms with Crippen molar-refractivity contribution in [1.82, 2.24) is 15.2 Å². The predicted octanol–water partition coefficient (Wildman–Crippen LogP) is 0.909. The molecule has 2 rings (SSSR count). The van der Waals surface area contributed by atoms with Gasteiger partial charge < -0.3 is 10.4 Å². The first-order valence-corrected chi connectivity index (χ1v) is 4.66. The summed E-state index contributed by atoms with van der Waals surface area (Å²) in [4.78, 5) is 3.99. The molecular formula is C10H12N4O. The predicted molar refractivity (Wildman–Crippen MR) is 56.1 cm³/mol. The molecule has 0 aliphatic carbocycles. The van der Waals surface area contributed by atoms with Gasteiger partial charge in [-0.2, -0.15) is 5.10 Å². The van der Waals surface area contributed by atoms with E-state index in [0.29, 0.717) is 6.54 Å². The van der Waals surface area contributed by atoms with E-state index in [-0.39, 0.29) is 6.61 Å². The van der Waals surface area contributed by atoms with E-state index < -0.39 is 0 Å². The van der Waals surface area contributed by atoms with Crippen LogP contribution in [0.25, 0.3) is 0 Å². The van der Waals surface area contributed by atoms with Gasteiger partial charge >= 0.3 is 0 Å². The van der Waals surface area contributed by atoms with E-state index in [0.717, 1.165) is 16.9 Å². The van der Waals surface area contributed by atoms with Crippen molar-refractivity contribution in [3.63, 3.8) is 0 Å². The molecule has 0 saturated carbocycles. The number of nitrogens with zero attached hydrogens (tertiary/aromatic N) is 2. The van der Waals surface area contributed by atoms with Gasteiger partial charge in [-0.25, -0.2) is 0 Å². The summed E-state index contributed by atoms with van der Waals surface area (Å²) in [5, 5.41) is 19.0. The largest absolute Gasteiger partial charge is 0.392 e. The van der Waals surface area contributed by atoms with E-state index >= 15 is 0 Å². The topological polar surface area (TPSA) is 73.8 Å². The van der Waals surface area contributed by atoms with Crippen molar-refractivity contribution in [2.24, 2.45) is 0 Å². The van der Waals surface area contributed by atoms with Crippen LogP contribution in [0.15, 0.2) is 30.7 Å². The van der Waals surface area contributed by atoms with E-state index in [2.05, 4.69) is 20.5 Å². The zero-order valence-electron chi connectivity index (χ0n) is 8.14. The lowest BCUT2D eigenvalue weighted by atomic mass is 10.2. The Morgan fingerprint density at radius 2 is 2.27 bits per heavy atom. The Morgan fingerprint density at radius 1 is 1.33 bits per heavy atom. The van der Waals surface area contributed by atoms with Gasteiger partial charge in [0.2, 0.25) is 0 Å². The Balaban J connectivity index is 2.04. The standard InChI is InChI=1S/C10H12N4O/c15-7-8-1-3-11-6-10(8)12-5-9-2-4-13-14-9/h1-4,6,12,15H,5,7H2,(H,13,14). The Kier molecular flexibility index (Phi) is 2.94. The van der Waals surface area contributed by atoms with Crippen LogP contribution in [-0.2, 0) is 13.2 Å². The number of aromatic nitrogens is 3. The number of pyridine rings is 1. The van der Waals surface area contributed by atoms with E-state index in [1.165, 1.54) is 0 Å². The van der Waals surface area contributed by atoms with Gasteiger partial charge in [0.05, 0.1) is 30.7 Å². The van der Waals surface area contributed by atoms with Crippen LogP contribution in [0.4, 0.5) is 5.69 Å². The SMILES string of the molecule is OCc1ccncc1NCc1ccn[nH]1. The van der Waals surface area contributed by atoms with Crippen molar-refractivity contribution in [2.75, 3.05) is 5.32 Å². The maximum Gasteiger partial charge on any atom is 0.0703 e. The first-order valence-electron chi connectivity index (χ1n) is 4.66. The molecule has 0 aliphatic rings. The van der Waals surface area contributed by atoms with Gasteiger partial charge in [0.1, 0.15) is 0 Å². The zero-order chi connectivity index (χ0) is 10.5. The number of aliphatic hydroxyl groups is 1. The van der Waals surface area contributed by atoms with Crippen LogP contribution >= 0.6 is 0 Å². The Morgan fingerprint density at radius 3 is 3.00 bits per heavy atom. The van der Waals surface area contributed by atoms with Gasteiger partial charge in [0.25, 0.3) is 0 Å². The molecule has 0 radical (unpaired) electrons. The first-order chi connectivity index (χ1) is 7.40. The van der Waals surface area contributed by atoms with Gasteiger partial charge in [-0.3, -0.25) is 10.1 Å². The minimum atomic E-state index is 0.00777. The fourth-order valence-electron chi connectivity index (χ4n) is 1.29. The minimum Gasteiger partial charge on any atom is -0.392 e. The van der Waals surface area contributed by atoms with Crippen molar-refractivity contribution < 1.29 is 5.11 Å². The molecule has 2 aromatic rings. The molecule has 2 aromatic heterocycles. The number of H-pyrrole nitrogens is 1. The van der Waals surface area contributed by atoms with E-state index in [9.17, 15) is 0 Å². The molecule has 0 atom stereocenters. The smallest absolute Gasteiger partial charge is 0.0703 e. The van der Waals surface area contributed by atoms with Gasteiger partial charge in [-0.15, -0.1) is 0 Å². The Hall–Kier alpha value is -1.88. The summed E-state index contributed by atoms with van der Waals surface area (Å²) in [5.74, 6) is 0. The summed E-state index contributed by atoms with van der Waals surface area (Å²) in [5.41, 5.74) is 2.67. The average Bonchev–Trinajstić information content (AvgIpc) is 2.79. The molecule has 15 heavy (non-hydrogen) atoms. The summed E-state index contributed by atoms with van der Waals surface area (Å²) in [7, 11) is 0. The van der Waals surface area contributed by atoms with Gasteiger partial charge in [0.15, 0.2) is 0 Å². The Bertz CT molecular complexity index is 413. The second kappa shape index (κ2) is 4.56. The molecule has 0 amide bonds. The molecule has 0 unspecified atom stereocenters. The molecule has 0 spiro atoms. The summed E-state index contributed by atoms with van der Waals surface area (Å²) in [6.07, 6.45) is 5.06. The first kappa shape index (κ1) is 9.67. The highest BCUT2D eigenvalue weighted by Crippen LogP contribution is 2.13. The lowest BCUT2D eigenvalue weighted by molar-refractivity contribution is 0.282. The van der Waals surface area contributed by atoms with Crippen LogP contribution in [-0.4, -0.2) is 20.3 Å². The summed E-state index contributed by atoms with van der Waals surface area (Å²) < 4.78 is 0. The molecule has 3 N–H and O–H groups in total. The van der Waals surface area contributed by atoms with Crippen molar-refractivity contribution in [3.05, 3.63) is 42.0 Å². The molecule has 0 fully saturated rings. The van der Waals surface area contributed by atoms with Gasteiger partial charge in [-0.1, -0.05) is 0 Å². The third kappa shape index (κ3) is 2.32. The van der Waals surface area contributed by atoms with Crippen LogP contribution in [0.3, 0.4) is 0 Å². The number of aliphatic hydroxyl groups excluding tert-OH is 1. The summed E-state index contributed by atoms with van der Waals surface area (Å²) in [6.45, 7) is 0.645. The highest BCUT2D eigenvalue weighted by Gasteiger charge is 2.00. The number of hydrogen-bond donors (Lipinski definition) is 3. The highest BCUT2D eigenvalue weighted by atomic mass is 16.3. The van der Waals surface area contributed by atoms with E-state index in [1.807, 2.05) is 6.07 Å². The number of nitrogens with one attached hydrogen (secondary N) is 2. The number of hydrogen-bond acceptors (Lipinski definition) is 4. The number of rotatable bonds is 4. The number of anilines is 1.